The predicted octanol–water partition coefficient (Wildman–Crippen LogP) is 4.10. The molecule has 2 aromatic carbocycles. The summed E-state index contributed by atoms with van der Waals surface area (Å²) in [5.74, 6) is 0.587. The minimum absolute atomic E-state index is 0.0381. The maximum absolute atomic E-state index is 12.1. The SMILES string of the molecule is C=Cc1ccc2oc(-c3ccccc3)cc(=O)c2c1. The van der Waals surface area contributed by atoms with Gasteiger partial charge in [0.05, 0.1) is 5.39 Å². The van der Waals surface area contributed by atoms with E-state index >= 15 is 0 Å². The fourth-order valence-electron chi connectivity index (χ4n) is 2.05. The van der Waals surface area contributed by atoms with E-state index in [2.05, 4.69) is 6.58 Å². The highest BCUT2D eigenvalue weighted by molar-refractivity contribution is 5.81. The Hall–Kier alpha value is -2.61. The van der Waals surface area contributed by atoms with Gasteiger partial charge in [0.2, 0.25) is 0 Å². The van der Waals surface area contributed by atoms with Crippen LogP contribution in [0.2, 0.25) is 0 Å². The van der Waals surface area contributed by atoms with Gasteiger partial charge in [0.25, 0.3) is 0 Å². The number of hydrogen-bond donors (Lipinski definition) is 0. The van der Waals surface area contributed by atoms with E-state index in [1.807, 2.05) is 36.4 Å². The van der Waals surface area contributed by atoms with Gasteiger partial charge in [-0.2, -0.15) is 0 Å². The van der Waals surface area contributed by atoms with Crippen LogP contribution < -0.4 is 5.43 Å². The summed E-state index contributed by atoms with van der Waals surface area (Å²) >= 11 is 0. The monoisotopic (exact) mass is 248 g/mol. The fraction of sp³-hybridized carbons (Fsp3) is 0. The van der Waals surface area contributed by atoms with Gasteiger partial charge in [0.1, 0.15) is 11.3 Å². The van der Waals surface area contributed by atoms with E-state index in [4.69, 9.17) is 4.42 Å². The zero-order valence-electron chi connectivity index (χ0n) is 10.3. The molecule has 1 heterocycles. The highest BCUT2D eigenvalue weighted by Crippen LogP contribution is 2.22. The third-order valence-corrected chi connectivity index (χ3v) is 3.05. The molecule has 92 valence electrons. The Morgan fingerprint density at radius 3 is 2.53 bits per heavy atom. The topological polar surface area (TPSA) is 30.2 Å². The van der Waals surface area contributed by atoms with Crippen LogP contribution in [0.3, 0.4) is 0 Å². The smallest absolute Gasteiger partial charge is 0.193 e. The lowest BCUT2D eigenvalue weighted by atomic mass is 10.1. The highest BCUT2D eigenvalue weighted by Gasteiger charge is 2.06. The first-order valence-corrected chi connectivity index (χ1v) is 6.04. The van der Waals surface area contributed by atoms with Crippen molar-refractivity contribution in [3.63, 3.8) is 0 Å². The maximum Gasteiger partial charge on any atom is 0.193 e. The third kappa shape index (κ3) is 2.08. The average Bonchev–Trinajstić information content (AvgIpc) is 2.48. The second-order valence-electron chi connectivity index (χ2n) is 4.30. The molecule has 0 unspecified atom stereocenters. The van der Waals surface area contributed by atoms with E-state index < -0.39 is 0 Å². The molecule has 0 saturated heterocycles. The van der Waals surface area contributed by atoms with Crippen molar-refractivity contribution in [2.75, 3.05) is 0 Å². The average molecular weight is 248 g/mol. The normalized spacial score (nSPS) is 10.5. The molecule has 0 amide bonds. The standard InChI is InChI=1S/C17H12O2/c1-2-12-8-9-16-14(10-12)15(18)11-17(19-16)13-6-4-3-5-7-13/h2-11H,1H2. The van der Waals surface area contributed by atoms with Crippen LogP contribution in [0, 0.1) is 0 Å². The minimum atomic E-state index is -0.0381. The zero-order chi connectivity index (χ0) is 13.2. The Balaban J connectivity index is 2.26. The number of hydrogen-bond acceptors (Lipinski definition) is 2. The molecule has 3 rings (SSSR count). The molecule has 2 nitrogen and oxygen atoms in total. The van der Waals surface area contributed by atoms with Gasteiger partial charge in [0.15, 0.2) is 5.43 Å². The van der Waals surface area contributed by atoms with Gasteiger partial charge in [-0.15, -0.1) is 0 Å². The van der Waals surface area contributed by atoms with Crippen molar-refractivity contribution in [1.29, 1.82) is 0 Å². The van der Waals surface area contributed by atoms with E-state index in [0.29, 0.717) is 16.7 Å². The minimum Gasteiger partial charge on any atom is -0.456 e. The summed E-state index contributed by atoms with van der Waals surface area (Å²) in [7, 11) is 0. The van der Waals surface area contributed by atoms with Gasteiger partial charge in [-0.3, -0.25) is 4.79 Å². The molecule has 0 aliphatic rings. The van der Waals surface area contributed by atoms with E-state index in [1.165, 1.54) is 6.07 Å². The van der Waals surface area contributed by atoms with Crippen molar-refractivity contribution < 1.29 is 4.42 Å². The molecule has 0 atom stereocenters. The highest BCUT2D eigenvalue weighted by atomic mass is 16.3. The lowest BCUT2D eigenvalue weighted by Gasteiger charge is -2.03. The molecular formula is C17H12O2. The Bertz CT molecular complexity index is 798. The van der Waals surface area contributed by atoms with Crippen LogP contribution >= 0.6 is 0 Å². The number of benzene rings is 2. The van der Waals surface area contributed by atoms with E-state index in [9.17, 15) is 4.79 Å². The Kier molecular flexibility index (Phi) is 2.76. The predicted molar refractivity (Wildman–Crippen MR) is 78.0 cm³/mol. The summed E-state index contributed by atoms with van der Waals surface area (Å²) in [5.41, 5.74) is 2.36. The molecule has 2 heteroatoms. The lowest BCUT2D eigenvalue weighted by molar-refractivity contribution is 0.619. The van der Waals surface area contributed by atoms with Crippen LogP contribution in [0.4, 0.5) is 0 Å². The summed E-state index contributed by atoms with van der Waals surface area (Å²) in [6.07, 6.45) is 1.71. The molecule has 0 saturated carbocycles. The second-order valence-corrected chi connectivity index (χ2v) is 4.30. The summed E-state index contributed by atoms with van der Waals surface area (Å²) in [6.45, 7) is 3.70. The first kappa shape index (κ1) is 11.5. The molecule has 0 aliphatic carbocycles. The summed E-state index contributed by atoms with van der Waals surface area (Å²) < 4.78 is 5.79. The fourth-order valence-corrected chi connectivity index (χ4v) is 2.05. The Morgan fingerprint density at radius 2 is 1.79 bits per heavy atom. The molecule has 0 fully saturated rings. The molecule has 0 bridgehead atoms. The molecule has 3 aromatic rings. The largest absolute Gasteiger partial charge is 0.456 e. The first-order valence-electron chi connectivity index (χ1n) is 6.04. The van der Waals surface area contributed by atoms with Crippen molar-refractivity contribution in [2.24, 2.45) is 0 Å². The molecule has 1 aromatic heterocycles. The Morgan fingerprint density at radius 1 is 1.00 bits per heavy atom. The summed E-state index contributed by atoms with van der Waals surface area (Å²) in [4.78, 5) is 12.1. The van der Waals surface area contributed by atoms with Crippen molar-refractivity contribution >= 4 is 17.0 Å². The van der Waals surface area contributed by atoms with Crippen LogP contribution in [0.5, 0.6) is 0 Å². The van der Waals surface area contributed by atoms with Gasteiger partial charge in [-0.1, -0.05) is 49.1 Å². The molecule has 0 radical (unpaired) electrons. The van der Waals surface area contributed by atoms with E-state index in [1.54, 1.807) is 18.2 Å². The van der Waals surface area contributed by atoms with Crippen LogP contribution in [-0.4, -0.2) is 0 Å². The summed E-state index contributed by atoms with van der Waals surface area (Å²) in [6, 6.07) is 16.6. The Labute approximate surface area is 110 Å². The molecule has 0 aliphatic heterocycles. The van der Waals surface area contributed by atoms with E-state index in [0.717, 1.165) is 11.1 Å². The van der Waals surface area contributed by atoms with Crippen LogP contribution in [0.25, 0.3) is 28.4 Å². The number of fused-ring (bicyclic) bond motifs is 1. The molecule has 0 spiro atoms. The van der Waals surface area contributed by atoms with Gasteiger partial charge in [-0.25, -0.2) is 0 Å². The summed E-state index contributed by atoms with van der Waals surface area (Å²) in [5, 5.41) is 0.581. The van der Waals surface area contributed by atoms with Crippen LogP contribution in [0.1, 0.15) is 5.56 Å². The first-order chi connectivity index (χ1) is 9.28. The second kappa shape index (κ2) is 4.58. The number of rotatable bonds is 2. The van der Waals surface area contributed by atoms with Crippen molar-refractivity contribution in [3.8, 4) is 11.3 Å². The van der Waals surface area contributed by atoms with E-state index in [-0.39, 0.29) is 5.43 Å². The van der Waals surface area contributed by atoms with Gasteiger partial charge in [0, 0.05) is 11.6 Å². The quantitative estimate of drug-likeness (QED) is 0.683. The van der Waals surface area contributed by atoms with Crippen LogP contribution in [0.15, 0.2) is 70.4 Å². The van der Waals surface area contributed by atoms with Gasteiger partial charge in [-0.05, 0) is 17.7 Å². The molecule has 19 heavy (non-hydrogen) atoms. The zero-order valence-corrected chi connectivity index (χ0v) is 10.3. The van der Waals surface area contributed by atoms with Crippen LogP contribution in [-0.2, 0) is 0 Å². The van der Waals surface area contributed by atoms with Crippen molar-refractivity contribution in [2.45, 2.75) is 0 Å². The molecular weight excluding hydrogens is 236 g/mol. The lowest BCUT2D eigenvalue weighted by Crippen LogP contribution is -2.00. The van der Waals surface area contributed by atoms with Crippen molar-refractivity contribution in [1.82, 2.24) is 0 Å². The third-order valence-electron chi connectivity index (χ3n) is 3.05. The van der Waals surface area contributed by atoms with Gasteiger partial charge >= 0.3 is 0 Å². The van der Waals surface area contributed by atoms with Gasteiger partial charge < -0.3 is 4.42 Å². The van der Waals surface area contributed by atoms with Crippen molar-refractivity contribution in [3.05, 3.63) is 77.0 Å². The maximum atomic E-state index is 12.1. The molecule has 0 N–H and O–H groups in total.